The van der Waals surface area contributed by atoms with E-state index in [1.807, 2.05) is 18.2 Å². The topological polar surface area (TPSA) is 77.1 Å². The molecule has 1 aromatic heterocycles. The Labute approximate surface area is 137 Å². The summed E-state index contributed by atoms with van der Waals surface area (Å²) < 4.78 is 1.70. The van der Waals surface area contributed by atoms with Gasteiger partial charge in [0.05, 0.1) is 16.3 Å². The van der Waals surface area contributed by atoms with Gasteiger partial charge < -0.3 is 15.6 Å². The fraction of sp³-hybridized carbons (Fsp3) is 0.0588. The van der Waals surface area contributed by atoms with Crippen LogP contribution in [0.25, 0.3) is 10.9 Å². The molecule has 2 amide bonds. The number of carbonyl (C=O) groups excluding carboxylic acids is 2. The third-order valence-electron chi connectivity index (χ3n) is 3.52. The number of hydrogen-bond acceptors (Lipinski definition) is 2. The summed E-state index contributed by atoms with van der Waals surface area (Å²) in [6.07, 6.45) is 1.60. The summed E-state index contributed by atoms with van der Waals surface area (Å²) in [6, 6.07) is 14.3. The lowest BCUT2D eigenvalue weighted by molar-refractivity contribution is -0.116. The Kier molecular flexibility index (Phi) is 4.04. The van der Waals surface area contributed by atoms with E-state index in [0.717, 1.165) is 10.9 Å². The molecule has 1 heterocycles. The number of fused-ring (bicyclic) bond motifs is 1. The SMILES string of the molecule is NC(=O)c1cn(CC(=O)Nc2ccccc2Cl)c2ccccc12. The largest absolute Gasteiger partial charge is 0.366 e. The van der Waals surface area contributed by atoms with Gasteiger partial charge in [0.25, 0.3) is 5.91 Å². The van der Waals surface area contributed by atoms with Gasteiger partial charge in [0.15, 0.2) is 0 Å². The second kappa shape index (κ2) is 6.14. The third kappa shape index (κ3) is 3.05. The number of para-hydroxylation sites is 2. The van der Waals surface area contributed by atoms with Crippen molar-refractivity contribution in [2.75, 3.05) is 5.32 Å². The highest BCUT2D eigenvalue weighted by atomic mass is 35.5. The van der Waals surface area contributed by atoms with Crippen molar-refractivity contribution >= 4 is 40.0 Å². The molecule has 5 nitrogen and oxygen atoms in total. The lowest BCUT2D eigenvalue weighted by Gasteiger charge is -2.08. The molecule has 0 aliphatic rings. The van der Waals surface area contributed by atoms with Gasteiger partial charge in [0, 0.05) is 17.1 Å². The van der Waals surface area contributed by atoms with Gasteiger partial charge in [-0.15, -0.1) is 0 Å². The quantitative estimate of drug-likeness (QED) is 0.772. The first-order valence-corrected chi connectivity index (χ1v) is 7.36. The number of anilines is 1. The molecule has 0 saturated carbocycles. The van der Waals surface area contributed by atoms with Crippen LogP contribution in [0.4, 0.5) is 5.69 Å². The minimum Gasteiger partial charge on any atom is -0.366 e. The molecule has 116 valence electrons. The Balaban J connectivity index is 1.88. The Morgan fingerprint density at radius 2 is 1.78 bits per heavy atom. The van der Waals surface area contributed by atoms with Crippen LogP contribution in [-0.2, 0) is 11.3 Å². The van der Waals surface area contributed by atoms with Gasteiger partial charge in [-0.1, -0.05) is 41.9 Å². The maximum atomic E-state index is 12.3. The zero-order chi connectivity index (χ0) is 16.4. The minimum atomic E-state index is -0.522. The molecule has 23 heavy (non-hydrogen) atoms. The fourth-order valence-corrected chi connectivity index (χ4v) is 2.66. The monoisotopic (exact) mass is 327 g/mol. The number of hydrogen-bond donors (Lipinski definition) is 2. The number of primary amides is 1. The first-order chi connectivity index (χ1) is 11.1. The Morgan fingerprint density at radius 1 is 1.09 bits per heavy atom. The zero-order valence-electron chi connectivity index (χ0n) is 12.1. The van der Waals surface area contributed by atoms with Gasteiger partial charge in [-0.2, -0.15) is 0 Å². The predicted octanol–water partition coefficient (Wildman–Crippen LogP) is 3.03. The van der Waals surface area contributed by atoms with Crippen LogP contribution in [0, 0.1) is 0 Å². The Hall–Kier alpha value is -2.79. The summed E-state index contributed by atoms with van der Waals surface area (Å²) >= 11 is 6.03. The van der Waals surface area contributed by atoms with Crippen molar-refractivity contribution in [3.8, 4) is 0 Å². The van der Waals surface area contributed by atoms with Gasteiger partial charge in [0.1, 0.15) is 6.54 Å². The average Bonchev–Trinajstić information content (AvgIpc) is 2.89. The van der Waals surface area contributed by atoms with Crippen LogP contribution in [0.15, 0.2) is 54.7 Å². The van der Waals surface area contributed by atoms with E-state index < -0.39 is 5.91 Å². The molecule has 3 aromatic rings. The van der Waals surface area contributed by atoms with Crippen molar-refractivity contribution < 1.29 is 9.59 Å². The Bertz CT molecular complexity index is 902. The molecule has 0 aliphatic carbocycles. The minimum absolute atomic E-state index is 0.0546. The number of nitrogens with zero attached hydrogens (tertiary/aromatic N) is 1. The number of amides is 2. The maximum absolute atomic E-state index is 12.3. The maximum Gasteiger partial charge on any atom is 0.250 e. The number of aromatic nitrogens is 1. The third-order valence-corrected chi connectivity index (χ3v) is 3.85. The first-order valence-electron chi connectivity index (χ1n) is 6.98. The smallest absolute Gasteiger partial charge is 0.250 e. The second-order valence-electron chi connectivity index (χ2n) is 5.08. The van der Waals surface area contributed by atoms with E-state index >= 15 is 0 Å². The van der Waals surface area contributed by atoms with Crippen LogP contribution in [0.1, 0.15) is 10.4 Å². The summed E-state index contributed by atoms with van der Waals surface area (Å²) in [7, 11) is 0. The number of benzene rings is 2. The molecule has 3 rings (SSSR count). The zero-order valence-corrected chi connectivity index (χ0v) is 12.9. The molecule has 2 aromatic carbocycles. The summed E-state index contributed by atoms with van der Waals surface area (Å²) in [5, 5.41) is 3.95. The van der Waals surface area contributed by atoms with Crippen LogP contribution in [0.2, 0.25) is 5.02 Å². The average molecular weight is 328 g/mol. The molecule has 0 atom stereocenters. The summed E-state index contributed by atoms with van der Waals surface area (Å²) in [5.41, 5.74) is 7.11. The van der Waals surface area contributed by atoms with Crippen LogP contribution >= 0.6 is 11.6 Å². The highest BCUT2D eigenvalue weighted by Gasteiger charge is 2.14. The number of nitrogens with two attached hydrogens (primary N) is 1. The van der Waals surface area contributed by atoms with Crippen LogP contribution in [0.3, 0.4) is 0 Å². The molecule has 0 bridgehead atoms. The lowest BCUT2D eigenvalue weighted by Crippen LogP contribution is -2.18. The van der Waals surface area contributed by atoms with Gasteiger partial charge in [-0.05, 0) is 18.2 Å². The van der Waals surface area contributed by atoms with Crippen molar-refractivity contribution in [3.63, 3.8) is 0 Å². The summed E-state index contributed by atoms with van der Waals surface area (Å²) in [5.74, 6) is -0.763. The number of halogens is 1. The van der Waals surface area contributed by atoms with E-state index in [-0.39, 0.29) is 12.5 Å². The van der Waals surface area contributed by atoms with Crippen molar-refractivity contribution in [2.45, 2.75) is 6.54 Å². The Morgan fingerprint density at radius 3 is 2.52 bits per heavy atom. The molecular formula is C17H14ClN3O2. The summed E-state index contributed by atoms with van der Waals surface area (Å²) in [6.45, 7) is 0.0546. The van der Waals surface area contributed by atoms with Crippen molar-refractivity contribution in [1.29, 1.82) is 0 Å². The predicted molar refractivity (Wildman–Crippen MR) is 90.5 cm³/mol. The molecule has 0 saturated heterocycles. The highest BCUT2D eigenvalue weighted by molar-refractivity contribution is 6.33. The van der Waals surface area contributed by atoms with E-state index in [9.17, 15) is 9.59 Å². The van der Waals surface area contributed by atoms with E-state index in [1.165, 1.54) is 0 Å². The van der Waals surface area contributed by atoms with Gasteiger partial charge in [-0.25, -0.2) is 0 Å². The van der Waals surface area contributed by atoms with Crippen LogP contribution < -0.4 is 11.1 Å². The molecule has 3 N–H and O–H groups in total. The fourth-order valence-electron chi connectivity index (χ4n) is 2.48. The number of rotatable bonds is 4. The van der Waals surface area contributed by atoms with Gasteiger partial charge >= 0.3 is 0 Å². The van der Waals surface area contributed by atoms with Gasteiger partial charge in [0.2, 0.25) is 5.91 Å². The van der Waals surface area contributed by atoms with E-state index in [1.54, 1.807) is 41.1 Å². The molecule has 0 spiro atoms. The van der Waals surface area contributed by atoms with Crippen molar-refractivity contribution in [2.24, 2.45) is 5.73 Å². The molecule has 0 aliphatic heterocycles. The molecule has 0 fully saturated rings. The van der Waals surface area contributed by atoms with Crippen molar-refractivity contribution in [3.05, 3.63) is 65.3 Å². The summed E-state index contributed by atoms with van der Waals surface area (Å²) in [4.78, 5) is 23.8. The second-order valence-corrected chi connectivity index (χ2v) is 5.49. The van der Waals surface area contributed by atoms with E-state index in [2.05, 4.69) is 5.32 Å². The van der Waals surface area contributed by atoms with E-state index in [0.29, 0.717) is 16.3 Å². The number of nitrogens with one attached hydrogen (secondary N) is 1. The lowest BCUT2D eigenvalue weighted by atomic mass is 10.2. The normalized spacial score (nSPS) is 10.7. The van der Waals surface area contributed by atoms with Crippen LogP contribution in [0.5, 0.6) is 0 Å². The van der Waals surface area contributed by atoms with E-state index in [4.69, 9.17) is 17.3 Å². The molecule has 0 radical (unpaired) electrons. The highest BCUT2D eigenvalue weighted by Crippen LogP contribution is 2.22. The van der Waals surface area contributed by atoms with Gasteiger partial charge in [-0.3, -0.25) is 9.59 Å². The molecular weight excluding hydrogens is 314 g/mol. The van der Waals surface area contributed by atoms with Crippen LogP contribution in [-0.4, -0.2) is 16.4 Å². The molecule has 6 heteroatoms. The number of carbonyl (C=O) groups is 2. The van der Waals surface area contributed by atoms with Crippen molar-refractivity contribution in [1.82, 2.24) is 4.57 Å². The molecule has 0 unspecified atom stereocenters. The standard InChI is InChI=1S/C17H14ClN3O2/c18-13-6-2-3-7-14(13)20-16(22)10-21-9-12(17(19)23)11-5-1-4-8-15(11)21/h1-9H,10H2,(H2,19,23)(H,20,22). The first kappa shape index (κ1) is 15.1.